The van der Waals surface area contributed by atoms with E-state index in [0.29, 0.717) is 4.80 Å². The Kier molecular flexibility index (Phi) is 4.88. The third-order valence-corrected chi connectivity index (χ3v) is 5.48. The second-order valence-corrected chi connectivity index (χ2v) is 6.72. The van der Waals surface area contributed by atoms with Gasteiger partial charge in [0.15, 0.2) is 16.3 Å². The number of methoxy groups -OCH3 is 2. The van der Waals surface area contributed by atoms with Gasteiger partial charge in [-0.05, 0) is 29.7 Å². The number of nitrogens with zero attached hydrogens (tertiary/aromatic N) is 1. The molecule has 0 bridgehead atoms. The van der Waals surface area contributed by atoms with Gasteiger partial charge < -0.3 is 14.0 Å². The normalized spacial score (nSPS) is 11.9. The molecule has 1 aliphatic rings. The molecule has 2 heterocycles. The molecule has 0 fully saturated rings. The van der Waals surface area contributed by atoms with E-state index in [1.54, 1.807) is 14.2 Å². The van der Waals surface area contributed by atoms with E-state index in [1.165, 1.54) is 16.9 Å². The van der Waals surface area contributed by atoms with Crippen LogP contribution >= 0.6 is 23.7 Å². The zero-order chi connectivity index (χ0) is 16.7. The monoisotopic (exact) mass is 374 g/mol. The molecule has 0 saturated heterocycles. The van der Waals surface area contributed by atoms with Crippen LogP contribution in [0.5, 0.6) is 11.5 Å². The van der Waals surface area contributed by atoms with E-state index in [4.69, 9.17) is 14.9 Å². The minimum absolute atomic E-state index is 0. The molecule has 0 unspecified atom stereocenters. The van der Waals surface area contributed by atoms with Crippen LogP contribution in [-0.4, -0.2) is 18.8 Å². The molecule has 6 heteroatoms. The molecule has 3 aromatic rings. The van der Waals surface area contributed by atoms with Gasteiger partial charge in [0.25, 0.3) is 0 Å². The third kappa shape index (κ3) is 2.83. The molecule has 4 nitrogen and oxygen atoms in total. The lowest BCUT2D eigenvalue weighted by Gasteiger charge is -2.22. The lowest BCUT2D eigenvalue weighted by Crippen LogP contribution is -2.20. The molecule has 0 spiro atoms. The van der Waals surface area contributed by atoms with E-state index >= 15 is 0 Å². The van der Waals surface area contributed by atoms with Crippen molar-refractivity contribution in [3.63, 3.8) is 0 Å². The van der Waals surface area contributed by atoms with Gasteiger partial charge in [0.2, 0.25) is 0 Å². The summed E-state index contributed by atoms with van der Waals surface area (Å²) >= 11 is 1.53. The molecular weight excluding hydrogens is 356 g/mol. The Balaban J connectivity index is 0.00000182. The Hall–Kier alpha value is -2.24. The number of hydrogen-bond acceptors (Lipinski definition) is 4. The predicted molar refractivity (Wildman–Crippen MR) is 103 cm³/mol. The number of rotatable bonds is 3. The van der Waals surface area contributed by atoms with E-state index in [0.717, 1.165) is 46.2 Å². The Morgan fingerprint density at radius 2 is 1.72 bits per heavy atom. The van der Waals surface area contributed by atoms with Crippen LogP contribution in [0.25, 0.3) is 21.7 Å². The number of halogens is 1. The molecule has 0 amide bonds. The van der Waals surface area contributed by atoms with Crippen molar-refractivity contribution in [2.75, 3.05) is 14.2 Å². The van der Waals surface area contributed by atoms with Gasteiger partial charge in [0, 0.05) is 12.1 Å². The van der Waals surface area contributed by atoms with Gasteiger partial charge in [-0.25, -0.2) is 0 Å². The highest BCUT2D eigenvalue weighted by molar-refractivity contribution is 7.13. The van der Waals surface area contributed by atoms with Crippen molar-refractivity contribution in [2.24, 2.45) is 0 Å². The van der Waals surface area contributed by atoms with Gasteiger partial charge >= 0.3 is 0 Å². The van der Waals surface area contributed by atoms with Gasteiger partial charge in [-0.1, -0.05) is 41.7 Å². The zero-order valence-electron chi connectivity index (χ0n) is 14.0. The maximum atomic E-state index is 8.36. The van der Waals surface area contributed by atoms with Crippen LogP contribution in [-0.2, 0) is 13.0 Å². The summed E-state index contributed by atoms with van der Waals surface area (Å²) < 4.78 is 13.0. The Morgan fingerprint density at radius 3 is 2.40 bits per heavy atom. The fourth-order valence-electron chi connectivity index (χ4n) is 3.27. The lowest BCUT2D eigenvalue weighted by molar-refractivity contribution is 0.354. The molecule has 4 rings (SSSR count). The number of fused-ring (bicyclic) bond motifs is 3. The number of aromatic nitrogens is 1. The average molecular weight is 375 g/mol. The van der Waals surface area contributed by atoms with Crippen molar-refractivity contribution in [1.29, 1.82) is 5.41 Å². The van der Waals surface area contributed by atoms with E-state index in [-0.39, 0.29) is 12.4 Å². The summed E-state index contributed by atoms with van der Waals surface area (Å²) in [7, 11) is 3.32. The Bertz CT molecular complexity index is 964. The van der Waals surface area contributed by atoms with Gasteiger partial charge in [-0.2, -0.15) is 0 Å². The highest BCUT2D eigenvalue weighted by Crippen LogP contribution is 2.43. The Labute approximate surface area is 156 Å². The van der Waals surface area contributed by atoms with E-state index in [2.05, 4.69) is 22.8 Å². The second-order valence-electron chi connectivity index (χ2n) is 5.72. The topological polar surface area (TPSA) is 47.2 Å². The van der Waals surface area contributed by atoms with Crippen LogP contribution in [0.1, 0.15) is 5.56 Å². The fraction of sp³-hybridized carbons (Fsp3) is 0.211. The minimum Gasteiger partial charge on any atom is -0.493 e. The van der Waals surface area contributed by atoms with Crippen LogP contribution in [0.3, 0.4) is 0 Å². The molecule has 1 aromatic heterocycles. The highest BCUT2D eigenvalue weighted by Gasteiger charge is 2.24. The smallest absolute Gasteiger partial charge is 0.182 e. The van der Waals surface area contributed by atoms with E-state index in [1.807, 2.05) is 24.3 Å². The maximum absolute atomic E-state index is 8.36. The summed E-state index contributed by atoms with van der Waals surface area (Å²) in [6.45, 7) is 0.819. The van der Waals surface area contributed by atoms with Gasteiger partial charge in [-0.3, -0.25) is 5.41 Å². The molecule has 0 aliphatic carbocycles. The standard InChI is InChI=1S/C19H18N2O2S.ClH/c1-22-15-10-13-8-9-21-17(14(13)11-16(15)23-2)18(24-19(21)20)12-6-4-3-5-7-12;/h3-7,10-11,20H,8-9H2,1-2H3;1H. The van der Waals surface area contributed by atoms with Gasteiger partial charge in [0.05, 0.1) is 24.8 Å². The molecule has 2 aromatic carbocycles. The molecular formula is C19H19ClN2O2S. The molecule has 1 N–H and O–H groups in total. The maximum Gasteiger partial charge on any atom is 0.182 e. The highest BCUT2D eigenvalue weighted by atomic mass is 35.5. The van der Waals surface area contributed by atoms with E-state index < -0.39 is 0 Å². The molecule has 25 heavy (non-hydrogen) atoms. The first-order valence-electron chi connectivity index (χ1n) is 7.82. The van der Waals surface area contributed by atoms with Crippen molar-refractivity contribution in [2.45, 2.75) is 13.0 Å². The molecule has 130 valence electrons. The Morgan fingerprint density at radius 1 is 1.04 bits per heavy atom. The van der Waals surface area contributed by atoms with Crippen LogP contribution in [0, 0.1) is 5.41 Å². The molecule has 0 atom stereocenters. The quantitative estimate of drug-likeness (QED) is 0.740. The number of aryl methyl sites for hydroxylation is 1. The first-order chi connectivity index (χ1) is 11.7. The molecule has 0 radical (unpaired) electrons. The SMILES string of the molecule is COc1cc2c(cc1OC)-c1c(-c3ccccc3)sc(=N)n1CC2.Cl. The van der Waals surface area contributed by atoms with E-state index in [9.17, 15) is 0 Å². The first kappa shape index (κ1) is 17.6. The van der Waals surface area contributed by atoms with Crippen molar-refractivity contribution in [3.8, 4) is 33.2 Å². The number of ether oxygens (including phenoxy) is 2. The van der Waals surface area contributed by atoms with Crippen LogP contribution in [0.15, 0.2) is 42.5 Å². The zero-order valence-corrected chi connectivity index (χ0v) is 15.7. The van der Waals surface area contributed by atoms with Crippen molar-refractivity contribution < 1.29 is 9.47 Å². The predicted octanol–water partition coefficient (Wildman–Crippen LogP) is 4.36. The van der Waals surface area contributed by atoms with Gasteiger partial charge in [-0.15, -0.1) is 12.4 Å². The first-order valence-corrected chi connectivity index (χ1v) is 8.63. The number of nitrogens with one attached hydrogen (secondary N) is 1. The summed E-state index contributed by atoms with van der Waals surface area (Å²) in [6.07, 6.45) is 0.893. The van der Waals surface area contributed by atoms with Crippen LogP contribution in [0.2, 0.25) is 0 Å². The van der Waals surface area contributed by atoms with Gasteiger partial charge in [0.1, 0.15) is 0 Å². The number of hydrogen-bond donors (Lipinski definition) is 1. The summed E-state index contributed by atoms with van der Waals surface area (Å²) in [5, 5.41) is 8.36. The van der Waals surface area contributed by atoms with Crippen molar-refractivity contribution in [1.82, 2.24) is 4.57 Å². The summed E-state index contributed by atoms with van der Waals surface area (Å²) in [6, 6.07) is 14.4. The van der Waals surface area contributed by atoms with Crippen LogP contribution in [0.4, 0.5) is 0 Å². The third-order valence-electron chi connectivity index (χ3n) is 4.43. The molecule has 0 saturated carbocycles. The second kappa shape index (κ2) is 6.94. The number of thiazole rings is 1. The lowest BCUT2D eigenvalue weighted by atomic mass is 9.95. The fourth-order valence-corrected chi connectivity index (χ4v) is 4.33. The number of benzene rings is 2. The largest absolute Gasteiger partial charge is 0.493 e. The minimum atomic E-state index is 0. The summed E-state index contributed by atoms with van der Waals surface area (Å²) in [4.78, 5) is 1.72. The summed E-state index contributed by atoms with van der Waals surface area (Å²) in [5.41, 5.74) is 4.63. The van der Waals surface area contributed by atoms with Crippen molar-refractivity contribution in [3.05, 3.63) is 52.8 Å². The summed E-state index contributed by atoms with van der Waals surface area (Å²) in [5.74, 6) is 1.48. The molecule has 1 aliphatic heterocycles. The van der Waals surface area contributed by atoms with Crippen LogP contribution < -0.4 is 14.3 Å². The average Bonchev–Trinajstić information content (AvgIpc) is 2.98. The van der Waals surface area contributed by atoms with Crippen molar-refractivity contribution >= 4 is 23.7 Å².